The molecule has 1 fully saturated rings. The standard InChI is InChI=1S/C18H29ClN2/c1-5-16(20)11-13-10-15(19)6-7-17(13)21-9-8-14(12-21)18(2,3)4/h6-7,10,14,16H,5,8-9,11-12,20H2,1-4H3. The molecule has 0 saturated carbocycles. The van der Waals surface area contributed by atoms with Crippen LogP contribution in [0.4, 0.5) is 5.69 Å². The van der Waals surface area contributed by atoms with Crippen molar-refractivity contribution in [2.75, 3.05) is 18.0 Å². The molecule has 0 aliphatic carbocycles. The van der Waals surface area contributed by atoms with Gasteiger partial charge in [-0.3, -0.25) is 0 Å². The van der Waals surface area contributed by atoms with Crippen molar-refractivity contribution >= 4 is 17.3 Å². The van der Waals surface area contributed by atoms with Gasteiger partial charge in [0, 0.05) is 29.8 Å². The minimum absolute atomic E-state index is 0.211. The Balaban J connectivity index is 2.20. The van der Waals surface area contributed by atoms with Gasteiger partial charge in [-0.1, -0.05) is 39.3 Å². The van der Waals surface area contributed by atoms with E-state index in [1.807, 2.05) is 6.07 Å². The number of hydrogen-bond donors (Lipinski definition) is 1. The molecule has 3 heteroatoms. The molecule has 0 spiro atoms. The van der Waals surface area contributed by atoms with E-state index in [4.69, 9.17) is 17.3 Å². The molecule has 0 amide bonds. The van der Waals surface area contributed by atoms with Gasteiger partial charge in [-0.05, 0) is 54.4 Å². The maximum atomic E-state index is 6.19. The minimum Gasteiger partial charge on any atom is -0.371 e. The Morgan fingerprint density at radius 1 is 1.38 bits per heavy atom. The summed E-state index contributed by atoms with van der Waals surface area (Å²) in [4.78, 5) is 2.52. The average Bonchev–Trinajstić information content (AvgIpc) is 2.88. The van der Waals surface area contributed by atoms with Crippen LogP contribution in [0.25, 0.3) is 0 Å². The van der Waals surface area contributed by atoms with Crippen molar-refractivity contribution in [3.05, 3.63) is 28.8 Å². The van der Waals surface area contributed by atoms with Gasteiger partial charge >= 0.3 is 0 Å². The Morgan fingerprint density at radius 2 is 2.10 bits per heavy atom. The second-order valence-corrected chi connectivity index (χ2v) is 7.88. The fourth-order valence-corrected chi connectivity index (χ4v) is 3.33. The van der Waals surface area contributed by atoms with E-state index in [0.717, 1.165) is 36.9 Å². The minimum atomic E-state index is 0.211. The van der Waals surface area contributed by atoms with Crippen LogP contribution in [0.5, 0.6) is 0 Å². The predicted molar refractivity (Wildman–Crippen MR) is 93.2 cm³/mol. The second kappa shape index (κ2) is 6.58. The zero-order valence-corrected chi connectivity index (χ0v) is 14.6. The third-order valence-electron chi connectivity index (χ3n) is 4.80. The van der Waals surface area contributed by atoms with E-state index < -0.39 is 0 Å². The normalized spacial score (nSPS) is 20.9. The number of nitrogens with two attached hydrogens (primary N) is 1. The molecule has 1 aromatic carbocycles. The maximum Gasteiger partial charge on any atom is 0.0410 e. The summed E-state index contributed by atoms with van der Waals surface area (Å²) < 4.78 is 0. The molecule has 2 atom stereocenters. The fourth-order valence-electron chi connectivity index (χ4n) is 3.14. The highest BCUT2D eigenvalue weighted by Gasteiger charge is 2.32. The SMILES string of the molecule is CCC(N)Cc1cc(Cl)ccc1N1CCC(C(C)(C)C)C1. The van der Waals surface area contributed by atoms with Crippen molar-refractivity contribution in [3.8, 4) is 0 Å². The molecule has 2 N–H and O–H groups in total. The Hall–Kier alpha value is -0.730. The van der Waals surface area contributed by atoms with Crippen molar-refractivity contribution in [2.45, 2.75) is 53.0 Å². The summed E-state index contributed by atoms with van der Waals surface area (Å²) in [5.74, 6) is 0.751. The van der Waals surface area contributed by atoms with Gasteiger partial charge in [-0.2, -0.15) is 0 Å². The highest BCUT2D eigenvalue weighted by molar-refractivity contribution is 6.30. The summed E-state index contributed by atoms with van der Waals surface area (Å²) in [6, 6.07) is 6.48. The summed E-state index contributed by atoms with van der Waals surface area (Å²) in [6.45, 7) is 11.4. The molecular formula is C18H29ClN2. The van der Waals surface area contributed by atoms with Crippen molar-refractivity contribution < 1.29 is 0 Å². The van der Waals surface area contributed by atoms with E-state index in [1.165, 1.54) is 17.7 Å². The summed E-state index contributed by atoms with van der Waals surface area (Å²) in [5, 5.41) is 0.809. The molecule has 2 unspecified atom stereocenters. The van der Waals surface area contributed by atoms with Crippen molar-refractivity contribution in [2.24, 2.45) is 17.1 Å². The average molecular weight is 309 g/mol. The van der Waals surface area contributed by atoms with Crippen molar-refractivity contribution in [1.82, 2.24) is 0 Å². The number of nitrogens with zero attached hydrogens (tertiary/aromatic N) is 1. The molecule has 118 valence electrons. The van der Waals surface area contributed by atoms with Crippen LogP contribution < -0.4 is 10.6 Å². The van der Waals surface area contributed by atoms with E-state index in [-0.39, 0.29) is 6.04 Å². The van der Waals surface area contributed by atoms with Crippen LogP contribution in [0.3, 0.4) is 0 Å². The first-order chi connectivity index (χ1) is 9.81. The van der Waals surface area contributed by atoms with Gasteiger partial charge in [0.1, 0.15) is 0 Å². The largest absolute Gasteiger partial charge is 0.371 e. The molecule has 2 nitrogen and oxygen atoms in total. The molecule has 0 bridgehead atoms. The van der Waals surface area contributed by atoms with Crippen LogP contribution >= 0.6 is 11.6 Å². The zero-order valence-electron chi connectivity index (χ0n) is 13.8. The molecule has 2 rings (SSSR count). The monoisotopic (exact) mass is 308 g/mol. The number of halogens is 1. The predicted octanol–water partition coefficient (Wildman–Crippen LogP) is 4.49. The Labute approximate surface area is 134 Å². The molecule has 1 aliphatic heterocycles. The molecule has 1 aromatic rings. The number of benzene rings is 1. The van der Waals surface area contributed by atoms with Gasteiger partial charge in [0.05, 0.1) is 0 Å². The number of rotatable bonds is 4. The Morgan fingerprint density at radius 3 is 2.67 bits per heavy atom. The van der Waals surface area contributed by atoms with E-state index in [0.29, 0.717) is 5.41 Å². The third-order valence-corrected chi connectivity index (χ3v) is 5.04. The smallest absolute Gasteiger partial charge is 0.0410 e. The van der Waals surface area contributed by atoms with Crippen LogP contribution in [-0.2, 0) is 6.42 Å². The first-order valence-electron chi connectivity index (χ1n) is 8.10. The van der Waals surface area contributed by atoms with E-state index in [9.17, 15) is 0 Å². The van der Waals surface area contributed by atoms with Crippen LogP contribution in [0.1, 0.15) is 46.1 Å². The summed E-state index contributed by atoms with van der Waals surface area (Å²) in [5.41, 5.74) is 9.16. The Bertz CT molecular complexity index is 479. The molecule has 0 radical (unpaired) electrons. The van der Waals surface area contributed by atoms with Crippen LogP contribution in [0, 0.1) is 11.3 Å². The molecule has 1 saturated heterocycles. The van der Waals surface area contributed by atoms with Gasteiger partial charge < -0.3 is 10.6 Å². The molecule has 0 aromatic heterocycles. The molecular weight excluding hydrogens is 280 g/mol. The van der Waals surface area contributed by atoms with Gasteiger partial charge in [0.15, 0.2) is 0 Å². The fraction of sp³-hybridized carbons (Fsp3) is 0.667. The van der Waals surface area contributed by atoms with Gasteiger partial charge in [0.25, 0.3) is 0 Å². The van der Waals surface area contributed by atoms with Gasteiger partial charge in [-0.25, -0.2) is 0 Å². The first-order valence-corrected chi connectivity index (χ1v) is 8.48. The van der Waals surface area contributed by atoms with Crippen molar-refractivity contribution in [1.29, 1.82) is 0 Å². The van der Waals surface area contributed by atoms with E-state index in [2.05, 4.69) is 44.7 Å². The summed E-state index contributed by atoms with van der Waals surface area (Å²) in [7, 11) is 0. The summed E-state index contributed by atoms with van der Waals surface area (Å²) >= 11 is 6.19. The van der Waals surface area contributed by atoms with Crippen LogP contribution in [-0.4, -0.2) is 19.1 Å². The first kappa shape index (κ1) is 16.6. The maximum absolute atomic E-state index is 6.19. The third kappa shape index (κ3) is 4.14. The quantitative estimate of drug-likeness (QED) is 0.888. The number of hydrogen-bond acceptors (Lipinski definition) is 2. The lowest BCUT2D eigenvalue weighted by molar-refractivity contribution is 0.263. The van der Waals surface area contributed by atoms with Crippen LogP contribution in [0.15, 0.2) is 18.2 Å². The van der Waals surface area contributed by atoms with Gasteiger partial charge in [-0.15, -0.1) is 0 Å². The van der Waals surface area contributed by atoms with Crippen molar-refractivity contribution in [3.63, 3.8) is 0 Å². The highest BCUT2D eigenvalue weighted by Crippen LogP contribution is 2.37. The summed E-state index contributed by atoms with van der Waals surface area (Å²) in [6.07, 6.45) is 3.17. The number of anilines is 1. The molecule has 1 aliphatic rings. The molecule has 1 heterocycles. The lowest BCUT2D eigenvalue weighted by Gasteiger charge is -2.28. The highest BCUT2D eigenvalue weighted by atomic mass is 35.5. The molecule has 21 heavy (non-hydrogen) atoms. The van der Waals surface area contributed by atoms with Gasteiger partial charge in [0.2, 0.25) is 0 Å². The second-order valence-electron chi connectivity index (χ2n) is 7.44. The van der Waals surface area contributed by atoms with E-state index in [1.54, 1.807) is 0 Å². The Kier molecular flexibility index (Phi) is 5.21. The van der Waals surface area contributed by atoms with Crippen LogP contribution in [0.2, 0.25) is 5.02 Å². The lowest BCUT2D eigenvalue weighted by Crippen LogP contribution is -2.28. The van der Waals surface area contributed by atoms with E-state index >= 15 is 0 Å². The topological polar surface area (TPSA) is 29.3 Å². The zero-order chi connectivity index (χ0) is 15.6. The lowest BCUT2D eigenvalue weighted by atomic mass is 9.80.